The van der Waals surface area contributed by atoms with E-state index in [1.807, 2.05) is 0 Å². The summed E-state index contributed by atoms with van der Waals surface area (Å²) in [6.45, 7) is 0. The van der Waals surface area contributed by atoms with Crippen molar-refractivity contribution in [3.05, 3.63) is 30.1 Å². The first-order valence-corrected chi connectivity index (χ1v) is 7.77. The monoisotopic (exact) mass is 318 g/mol. The van der Waals surface area contributed by atoms with Gasteiger partial charge in [-0.3, -0.25) is 14.6 Å². The SMILES string of the molecule is NC(=O)C1CC(C(=O)NC2CCCC2)=NN1c1ccc(F)cc1. The lowest BCUT2D eigenvalue weighted by Gasteiger charge is -2.20. The normalized spacial score (nSPS) is 21.3. The number of amides is 2. The van der Waals surface area contributed by atoms with Crippen molar-refractivity contribution in [3.63, 3.8) is 0 Å². The molecule has 2 amide bonds. The number of hydrogen-bond acceptors (Lipinski definition) is 4. The Labute approximate surface area is 133 Å². The Morgan fingerprint density at radius 2 is 1.87 bits per heavy atom. The average molecular weight is 318 g/mol. The molecule has 122 valence electrons. The first-order chi connectivity index (χ1) is 11.0. The molecular formula is C16H19FN4O2. The van der Waals surface area contributed by atoms with E-state index in [4.69, 9.17) is 5.73 Å². The van der Waals surface area contributed by atoms with Crippen molar-refractivity contribution in [2.45, 2.75) is 44.2 Å². The fraction of sp³-hybridized carbons (Fsp3) is 0.438. The van der Waals surface area contributed by atoms with Crippen molar-refractivity contribution in [3.8, 4) is 0 Å². The topological polar surface area (TPSA) is 87.8 Å². The second kappa shape index (κ2) is 6.36. The molecule has 1 saturated carbocycles. The lowest BCUT2D eigenvalue weighted by molar-refractivity contribution is -0.119. The second-order valence-electron chi connectivity index (χ2n) is 5.94. The zero-order chi connectivity index (χ0) is 16.4. The quantitative estimate of drug-likeness (QED) is 0.877. The van der Waals surface area contributed by atoms with Crippen LogP contribution in [0.4, 0.5) is 10.1 Å². The molecule has 1 aliphatic heterocycles. The predicted molar refractivity (Wildman–Crippen MR) is 84.3 cm³/mol. The van der Waals surface area contributed by atoms with Crippen LogP contribution in [-0.2, 0) is 9.59 Å². The second-order valence-corrected chi connectivity index (χ2v) is 5.94. The summed E-state index contributed by atoms with van der Waals surface area (Å²) in [6, 6.07) is 5.01. The van der Waals surface area contributed by atoms with E-state index in [1.165, 1.54) is 29.3 Å². The Morgan fingerprint density at radius 1 is 1.22 bits per heavy atom. The number of nitrogens with zero attached hydrogens (tertiary/aromatic N) is 2. The molecule has 1 aromatic carbocycles. The Hall–Kier alpha value is -2.44. The van der Waals surface area contributed by atoms with Crippen LogP contribution in [0.2, 0.25) is 0 Å². The van der Waals surface area contributed by atoms with Crippen LogP contribution in [0.25, 0.3) is 0 Å². The van der Waals surface area contributed by atoms with Crippen LogP contribution in [0.1, 0.15) is 32.1 Å². The number of carbonyl (C=O) groups excluding carboxylic acids is 2. The van der Waals surface area contributed by atoms with E-state index in [9.17, 15) is 14.0 Å². The highest BCUT2D eigenvalue weighted by molar-refractivity contribution is 6.40. The maximum absolute atomic E-state index is 13.1. The largest absolute Gasteiger partial charge is 0.368 e. The van der Waals surface area contributed by atoms with Gasteiger partial charge in [0.15, 0.2) is 0 Å². The summed E-state index contributed by atoms with van der Waals surface area (Å²) in [5.41, 5.74) is 6.23. The Bertz CT molecular complexity index is 638. The van der Waals surface area contributed by atoms with Crippen LogP contribution < -0.4 is 16.1 Å². The number of hydrazone groups is 1. The molecule has 0 saturated heterocycles. The van der Waals surface area contributed by atoms with Gasteiger partial charge in [0.05, 0.1) is 5.69 Å². The van der Waals surface area contributed by atoms with E-state index in [0.717, 1.165) is 25.7 Å². The van der Waals surface area contributed by atoms with Gasteiger partial charge >= 0.3 is 0 Å². The van der Waals surface area contributed by atoms with Crippen molar-refractivity contribution in [1.82, 2.24) is 5.32 Å². The van der Waals surface area contributed by atoms with Crippen LogP contribution in [0.15, 0.2) is 29.4 Å². The molecule has 0 bridgehead atoms. The van der Waals surface area contributed by atoms with E-state index in [0.29, 0.717) is 5.69 Å². The number of rotatable bonds is 4. The number of primary amides is 1. The molecule has 23 heavy (non-hydrogen) atoms. The Morgan fingerprint density at radius 3 is 2.48 bits per heavy atom. The third kappa shape index (κ3) is 3.33. The molecule has 1 heterocycles. The Balaban J connectivity index is 1.78. The average Bonchev–Trinajstić information content (AvgIpc) is 3.17. The van der Waals surface area contributed by atoms with Gasteiger partial charge in [0.1, 0.15) is 17.6 Å². The van der Waals surface area contributed by atoms with Crippen molar-refractivity contribution in [2.75, 3.05) is 5.01 Å². The molecule has 0 radical (unpaired) electrons. The van der Waals surface area contributed by atoms with Gasteiger partial charge in [0, 0.05) is 12.5 Å². The summed E-state index contributed by atoms with van der Waals surface area (Å²) < 4.78 is 13.1. The summed E-state index contributed by atoms with van der Waals surface area (Å²) in [5, 5.41) is 8.59. The van der Waals surface area contributed by atoms with Crippen molar-refractivity contribution in [1.29, 1.82) is 0 Å². The van der Waals surface area contributed by atoms with Crippen molar-refractivity contribution < 1.29 is 14.0 Å². The first-order valence-electron chi connectivity index (χ1n) is 7.77. The summed E-state index contributed by atoms with van der Waals surface area (Å²) in [6.07, 6.45) is 4.33. The zero-order valence-electron chi connectivity index (χ0n) is 12.7. The molecule has 1 aliphatic carbocycles. The lowest BCUT2D eigenvalue weighted by Crippen LogP contribution is -2.40. The standard InChI is InChI=1S/C16H19FN4O2/c17-10-5-7-12(8-6-10)21-14(15(18)22)9-13(20-21)16(23)19-11-3-1-2-4-11/h5-8,11,14H,1-4,9H2,(H2,18,22)(H,19,23). The molecule has 3 N–H and O–H groups in total. The number of nitrogens with two attached hydrogens (primary N) is 1. The van der Waals surface area contributed by atoms with Gasteiger partial charge in [0.25, 0.3) is 5.91 Å². The summed E-state index contributed by atoms with van der Waals surface area (Å²) >= 11 is 0. The summed E-state index contributed by atoms with van der Waals surface area (Å²) in [7, 11) is 0. The fourth-order valence-corrected chi connectivity index (χ4v) is 3.04. The molecule has 3 rings (SSSR count). The van der Waals surface area contributed by atoms with Crippen LogP contribution in [-0.4, -0.2) is 29.6 Å². The smallest absolute Gasteiger partial charge is 0.267 e. The van der Waals surface area contributed by atoms with Gasteiger partial charge in [-0.05, 0) is 37.1 Å². The van der Waals surface area contributed by atoms with Crippen LogP contribution in [0, 0.1) is 5.82 Å². The number of halogens is 1. The molecule has 1 fully saturated rings. The van der Waals surface area contributed by atoms with E-state index >= 15 is 0 Å². The van der Waals surface area contributed by atoms with E-state index in [2.05, 4.69) is 10.4 Å². The number of carbonyl (C=O) groups is 2. The van der Waals surface area contributed by atoms with Crippen molar-refractivity contribution >= 4 is 23.2 Å². The van der Waals surface area contributed by atoms with Crippen LogP contribution in [0.3, 0.4) is 0 Å². The van der Waals surface area contributed by atoms with E-state index in [1.54, 1.807) is 0 Å². The molecule has 1 unspecified atom stereocenters. The number of hydrogen-bond donors (Lipinski definition) is 2. The molecule has 1 aromatic rings. The molecule has 7 heteroatoms. The van der Waals surface area contributed by atoms with Gasteiger partial charge in [0.2, 0.25) is 5.91 Å². The zero-order valence-corrected chi connectivity index (χ0v) is 12.7. The third-order valence-corrected chi connectivity index (χ3v) is 4.28. The maximum atomic E-state index is 13.1. The van der Waals surface area contributed by atoms with Gasteiger partial charge in [-0.1, -0.05) is 12.8 Å². The van der Waals surface area contributed by atoms with E-state index in [-0.39, 0.29) is 29.9 Å². The number of benzene rings is 1. The highest BCUT2D eigenvalue weighted by atomic mass is 19.1. The van der Waals surface area contributed by atoms with Gasteiger partial charge in [-0.2, -0.15) is 5.10 Å². The Kier molecular flexibility index (Phi) is 4.27. The molecule has 0 aromatic heterocycles. The van der Waals surface area contributed by atoms with E-state index < -0.39 is 11.9 Å². The fourth-order valence-electron chi connectivity index (χ4n) is 3.04. The maximum Gasteiger partial charge on any atom is 0.267 e. The molecule has 0 spiro atoms. The number of nitrogens with one attached hydrogen (secondary N) is 1. The minimum absolute atomic E-state index is 0.158. The summed E-state index contributed by atoms with van der Waals surface area (Å²) in [4.78, 5) is 24.0. The first kappa shape index (κ1) is 15.5. The van der Waals surface area contributed by atoms with Crippen LogP contribution >= 0.6 is 0 Å². The van der Waals surface area contributed by atoms with Crippen molar-refractivity contribution in [2.24, 2.45) is 10.8 Å². The molecule has 6 nitrogen and oxygen atoms in total. The highest BCUT2D eigenvalue weighted by Crippen LogP contribution is 2.25. The minimum atomic E-state index is -0.732. The number of anilines is 1. The molecule has 2 aliphatic rings. The highest BCUT2D eigenvalue weighted by Gasteiger charge is 2.35. The van der Waals surface area contributed by atoms with Gasteiger partial charge in [-0.25, -0.2) is 4.39 Å². The lowest BCUT2D eigenvalue weighted by atomic mass is 10.1. The van der Waals surface area contributed by atoms with Gasteiger partial charge < -0.3 is 11.1 Å². The molecular weight excluding hydrogens is 299 g/mol. The van der Waals surface area contributed by atoms with Gasteiger partial charge in [-0.15, -0.1) is 0 Å². The minimum Gasteiger partial charge on any atom is -0.368 e. The predicted octanol–water partition coefficient (Wildman–Crippen LogP) is 1.30. The van der Waals surface area contributed by atoms with Crippen LogP contribution in [0.5, 0.6) is 0 Å². The third-order valence-electron chi connectivity index (χ3n) is 4.28. The molecule has 1 atom stereocenters. The summed E-state index contributed by atoms with van der Waals surface area (Å²) in [5.74, 6) is -1.21.